The maximum absolute atomic E-state index is 5.96. The molecule has 0 bridgehead atoms. The van der Waals surface area contributed by atoms with Gasteiger partial charge in [-0.25, -0.2) is 4.98 Å². The normalized spacial score (nSPS) is 10.5. The van der Waals surface area contributed by atoms with Gasteiger partial charge in [-0.1, -0.05) is 42.8 Å². The van der Waals surface area contributed by atoms with Gasteiger partial charge in [0.2, 0.25) is 0 Å². The summed E-state index contributed by atoms with van der Waals surface area (Å²) >= 11 is 5.96. The molecule has 3 N–H and O–H groups in total. The first-order chi connectivity index (χ1) is 7.20. The zero-order valence-electron chi connectivity index (χ0n) is 8.42. The van der Waals surface area contributed by atoms with E-state index in [0.29, 0.717) is 16.8 Å². The molecule has 0 amide bonds. The van der Waals surface area contributed by atoms with Gasteiger partial charge < -0.3 is 10.7 Å². The van der Waals surface area contributed by atoms with Crippen LogP contribution in [0.25, 0.3) is 11.3 Å². The lowest BCUT2D eigenvalue weighted by Crippen LogP contribution is -1.86. The number of nitrogen functional groups attached to an aromatic ring is 1. The molecular formula is C11H12ClN3. The summed E-state index contributed by atoms with van der Waals surface area (Å²) in [5, 5.41) is 0.483. The molecule has 4 heteroatoms. The van der Waals surface area contributed by atoms with E-state index in [1.54, 1.807) is 0 Å². The Hall–Kier alpha value is -1.48. The van der Waals surface area contributed by atoms with E-state index in [0.717, 1.165) is 12.0 Å². The number of aryl methyl sites for hydroxylation is 1. The predicted octanol–water partition coefficient (Wildman–Crippen LogP) is 2.87. The summed E-state index contributed by atoms with van der Waals surface area (Å²) in [6, 6.07) is 8.13. The summed E-state index contributed by atoms with van der Waals surface area (Å²) in [6.45, 7) is 2.12. The highest BCUT2D eigenvalue weighted by molar-refractivity contribution is 6.32. The molecular weight excluding hydrogens is 210 g/mol. The molecule has 0 spiro atoms. The number of halogens is 1. The number of H-pyrrole nitrogens is 1. The Bertz CT molecular complexity index is 459. The standard InChI is InChI=1S/C11H12ClN3/c1-2-7-3-5-8(6-4-7)9-10(12)15-11(13)14-9/h3-6H,2H2,1H3,(H3,13,14,15). The lowest BCUT2D eigenvalue weighted by molar-refractivity contribution is 1.14. The Morgan fingerprint density at radius 1 is 1.33 bits per heavy atom. The molecule has 0 aliphatic rings. The topological polar surface area (TPSA) is 54.7 Å². The van der Waals surface area contributed by atoms with Crippen LogP contribution in [0, 0.1) is 0 Å². The van der Waals surface area contributed by atoms with Crippen molar-refractivity contribution in [2.45, 2.75) is 13.3 Å². The number of rotatable bonds is 2. The number of aromatic nitrogens is 2. The number of benzene rings is 1. The third-order valence-corrected chi connectivity index (χ3v) is 2.59. The SMILES string of the molecule is CCc1ccc(-c2nc(N)[nH]c2Cl)cc1. The van der Waals surface area contributed by atoms with Crippen molar-refractivity contribution >= 4 is 17.5 Å². The van der Waals surface area contributed by atoms with Crippen LogP contribution >= 0.6 is 11.6 Å². The van der Waals surface area contributed by atoms with Crippen molar-refractivity contribution < 1.29 is 0 Å². The zero-order valence-corrected chi connectivity index (χ0v) is 9.17. The smallest absolute Gasteiger partial charge is 0.199 e. The molecule has 0 radical (unpaired) electrons. The lowest BCUT2D eigenvalue weighted by Gasteiger charge is -1.99. The Morgan fingerprint density at radius 2 is 2.00 bits per heavy atom. The van der Waals surface area contributed by atoms with Crippen LogP contribution in [-0.2, 0) is 6.42 Å². The first kappa shape index (κ1) is 10.1. The second kappa shape index (κ2) is 3.95. The van der Waals surface area contributed by atoms with E-state index in [-0.39, 0.29) is 0 Å². The van der Waals surface area contributed by atoms with Crippen molar-refractivity contribution in [3.05, 3.63) is 35.0 Å². The van der Waals surface area contributed by atoms with E-state index in [9.17, 15) is 0 Å². The summed E-state index contributed by atoms with van der Waals surface area (Å²) < 4.78 is 0. The van der Waals surface area contributed by atoms with Crippen LogP contribution in [0.5, 0.6) is 0 Å². The van der Waals surface area contributed by atoms with Crippen LogP contribution in [0.15, 0.2) is 24.3 Å². The van der Waals surface area contributed by atoms with Crippen LogP contribution in [0.4, 0.5) is 5.95 Å². The van der Waals surface area contributed by atoms with E-state index in [2.05, 4.69) is 29.0 Å². The molecule has 1 aromatic carbocycles. The minimum absolute atomic E-state index is 0.342. The number of aromatic amines is 1. The molecule has 1 aromatic heterocycles. The van der Waals surface area contributed by atoms with Gasteiger partial charge in [-0.15, -0.1) is 0 Å². The van der Waals surface area contributed by atoms with Gasteiger partial charge in [-0.2, -0.15) is 0 Å². The van der Waals surface area contributed by atoms with Gasteiger partial charge in [0.1, 0.15) is 10.8 Å². The third-order valence-electron chi connectivity index (χ3n) is 2.31. The highest BCUT2D eigenvalue weighted by Gasteiger charge is 2.08. The maximum Gasteiger partial charge on any atom is 0.199 e. The maximum atomic E-state index is 5.96. The first-order valence-electron chi connectivity index (χ1n) is 4.81. The van der Waals surface area contributed by atoms with Crippen molar-refractivity contribution in [1.29, 1.82) is 0 Å². The number of hydrogen-bond acceptors (Lipinski definition) is 2. The molecule has 3 nitrogen and oxygen atoms in total. The minimum atomic E-state index is 0.342. The van der Waals surface area contributed by atoms with Crippen molar-refractivity contribution in [2.24, 2.45) is 0 Å². The van der Waals surface area contributed by atoms with Crippen molar-refractivity contribution in [2.75, 3.05) is 5.73 Å². The van der Waals surface area contributed by atoms with Crippen LogP contribution < -0.4 is 5.73 Å². The molecule has 2 rings (SSSR count). The van der Waals surface area contributed by atoms with Crippen molar-refractivity contribution in [1.82, 2.24) is 9.97 Å². The van der Waals surface area contributed by atoms with Crippen LogP contribution in [0.1, 0.15) is 12.5 Å². The monoisotopic (exact) mass is 221 g/mol. The Balaban J connectivity index is 2.41. The number of anilines is 1. The Kier molecular flexibility index (Phi) is 2.64. The molecule has 0 atom stereocenters. The van der Waals surface area contributed by atoms with E-state index in [1.165, 1.54) is 5.56 Å². The summed E-state index contributed by atoms with van der Waals surface area (Å²) in [5.41, 5.74) is 8.49. The molecule has 78 valence electrons. The van der Waals surface area contributed by atoms with Crippen LogP contribution in [-0.4, -0.2) is 9.97 Å². The van der Waals surface area contributed by atoms with Gasteiger partial charge in [0, 0.05) is 5.56 Å². The van der Waals surface area contributed by atoms with Gasteiger partial charge in [0.15, 0.2) is 5.95 Å². The second-order valence-corrected chi connectivity index (χ2v) is 3.71. The molecule has 0 aliphatic heterocycles. The van der Waals surface area contributed by atoms with E-state index < -0.39 is 0 Å². The molecule has 0 saturated carbocycles. The quantitative estimate of drug-likeness (QED) is 0.820. The second-order valence-electron chi connectivity index (χ2n) is 3.34. The number of nitrogens with two attached hydrogens (primary N) is 1. The Morgan fingerprint density at radius 3 is 2.47 bits per heavy atom. The Labute approximate surface area is 93.3 Å². The average Bonchev–Trinajstić information content (AvgIpc) is 2.58. The number of nitrogens with one attached hydrogen (secondary N) is 1. The summed E-state index contributed by atoms with van der Waals surface area (Å²) in [5.74, 6) is 0.342. The number of imidazole rings is 1. The average molecular weight is 222 g/mol. The molecule has 1 heterocycles. The van der Waals surface area contributed by atoms with E-state index >= 15 is 0 Å². The molecule has 0 saturated heterocycles. The predicted molar refractivity (Wildman–Crippen MR) is 62.8 cm³/mol. The third kappa shape index (κ3) is 1.97. The first-order valence-corrected chi connectivity index (χ1v) is 5.18. The van der Waals surface area contributed by atoms with Gasteiger partial charge >= 0.3 is 0 Å². The molecule has 2 aromatic rings. The number of nitrogens with zero attached hydrogens (tertiary/aromatic N) is 1. The summed E-state index contributed by atoms with van der Waals surface area (Å²) in [7, 11) is 0. The van der Waals surface area contributed by atoms with Gasteiger partial charge in [0.25, 0.3) is 0 Å². The van der Waals surface area contributed by atoms with E-state index in [1.807, 2.05) is 12.1 Å². The van der Waals surface area contributed by atoms with Crippen LogP contribution in [0.3, 0.4) is 0 Å². The molecule has 0 unspecified atom stereocenters. The van der Waals surface area contributed by atoms with Gasteiger partial charge in [0.05, 0.1) is 0 Å². The fourth-order valence-electron chi connectivity index (χ4n) is 1.46. The summed E-state index contributed by atoms with van der Waals surface area (Å²) in [6.07, 6.45) is 1.02. The van der Waals surface area contributed by atoms with E-state index in [4.69, 9.17) is 17.3 Å². The fraction of sp³-hybridized carbons (Fsp3) is 0.182. The number of hydrogen-bond donors (Lipinski definition) is 2. The van der Waals surface area contributed by atoms with Crippen molar-refractivity contribution in [3.63, 3.8) is 0 Å². The summed E-state index contributed by atoms with van der Waals surface area (Å²) in [4.78, 5) is 6.89. The lowest BCUT2D eigenvalue weighted by atomic mass is 10.1. The molecule has 0 aliphatic carbocycles. The molecule has 15 heavy (non-hydrogen) atoms. The van der Waals surface area contributed by atoms with Crippen molar-refractivity contribution in [3.8, 4) is 11.3 Å². The fourth-order valence-corrected chi connectivity index (χ4v) is 1.71. The van der Waals surface area contributed by atoms with Gasteiger partial charge in [-0.3, -0.25) is 0 Å². The molecule has 0 fully saturated rings. The largest absolute Gasteiger partial charge is 0.369 e. The highest BCUT2D eigenvalue weighted by Crippen LogP contribution is 2.26. The zero-order chi connectivity index (χ0) is 10.8. The highest BCUT2D eigenvalue weighted by atomic mass is 35.5. The van der Waals surface area contributed by atoms with Gasteiger partial charge in [-0.05, 0) is 12.0 Å². The van der Waals surface area contributed by atoms with Crippen LogP contribution in [0.2, 0.25) is 5.15 Å². The minimum Gasteiger partial charge on any atom is -0.369 e.